The van der Waals surface area contributed by atoms with Crippen molar-refractivity contribution in [2.24, 2.45) is 0 Å². The van der Waals surface area contributed by atoms with Gasteiger partial charge in [0.05, 0.1) is 18.6 Å². The minimum atomic E-state index is -0.0323. The summed E-state index contributed by atoms with van der Waals surface area (Å²) in [5.41, 5.74) is 3.75. The van der Waals surface area contributed by atoms with E-state index in [2.05, 4.69) is 21.7 Å². The summed E-state index contributed by atoms with van der Waals surface area (Å²) in [5, 5.41) is 9.33. The lowest BCUT2D eigenvalue weighted by molar-refractivity contribution is -0.367. The van der Waals surface area contributed by atoms with E-state index >= 15 is 0 Å². The average molecular weight is 301 g/mol. The van der Waals surface area contributed by atoms with Crippen LogP contribution in [0.15, 0.2) is 0 Å². The molecule has 2 heterocycles. The Morgan fingerprint density at radius 3 is 3.00 bits per heavy atom. The zero-order valence-corrected chi connectivity index (χ0v) is 12.6. The Morgan fingerprint density at radius 2 is 2.20 bits per heavy atom. The van der Waals surface area contributed by atoms with Gasteiger partial charge in [0.25, 0.3) is 0 Å². The van der Waals surface area contributed by atoms with Gasteiger partial charge >= 0.3 is 6.03 Å². The number of fused-ring (bicyclic) bond motifs is 1. The van der Waals surface area contributed by atoms with E-state index in [0.717, 1.165) is 44.5 Å². The van der Waals surface area contributed by atoms with Gasteiger partial charge in [0.2, 0.25) is 5.91 Å². The number of carbonyl (C=O) groups excluding carboxylic acids is 2. The fourth-order valence-corrected chi connectivity index (χ4v) is 4.26. The highest BCUT2D eigenvalue weighted by Gasteiger charge is 2.42. The third-order valence-electron chi connectivity index (χ3n) is 3.83. The Kier molecular flexibility index (Phi) is 5.97. The molecular weight excluding hydrogens is 276 g/mol. The quantitative estimate of drug-likeness (QED) is 0.358. The second kappa shape index (κ2) is 7.73. The van der Waals surface area contributed by atoms with Crippen LogP contribution in [0, 0.1) is 0 Å². The van der Waals surface area contributed by atoms with Gasteiger partial charge in [-0.1, -0.05) is 6.42 Å². The molecule has 6 N–H and O–H groups in total. The molecule has 0 aliphatic carbocycles. The molecule has 0 aromatic rings. The number of hydrogen-bond acceptors (Lipinski definition) is 3. The first-order valence-corrected chi connectivity index (χ1v) is 8.50. The third-order valence-corrected chi connectivity index (χ3v) is 5.34. The number of thioether (sulfide) groups is 1. The minimum absolute atomic E-state index is 0.0323. The van der Waals surface area contributed by atoms with Crippen molar-refractivity contribution in [1.29, 1.82) is 0 Å². The predicted molar refractivity (Wildman–Crippen MR) is 79.3 cm³/mol. The molecule has 2 aliphatic rings. The molecule has 0 saturated carbocycles. The third kappa shape index (κ3) is 4.28. The Labute approximate surface area is 124 Å². The number of carbonyl (C=O) groups is 2. The monoisotopic (exact) mass is 301 g/mol. The van der Waals surface area contributed by atoms with Crippen molar-refractivity contribution in [2.45, 2.75) is 49.4 Å². The second-order valence-corrected chi connectivity index (χ2v) is 6.70. The lowest BCUT2D eigenvalue weighted by Crippen LogP contribution is -2.51. The van der Waals surface area contributed by atoms with Crippen LogP contribution in [-0.2, 0) is 4.79 Å². The molecule has 7 heteroatoms. The van der Waals surface area contributed by atoms with E-state index in [1.807, 2.05) is 11.8 Å². The number of urea groups is 1. The smallest absolute Gasteiger partial charge is 0.315 e. The molecule has 0 spiro atoms. The molecule has 3 atom stereocenters. The van der Waals surface area contributed by atoms with Crippen LogP contribution < -0.4 is 21.7 Å². The molecule has 6 nitrogen and oxygen atoms in total. The van der Waals surface area contributed by atoms with Gasteiger partial charge in [-0.3, -0.25) is 4.79 Å². The summed E-state index contributed by atoms with van der Waals surface area (Å²) in [5.74, 6) is 1.14. The maximum Gasteiger partial charge on any atom is 0.315 e. The normalized spacial score (nSPS) is 27.9. The fraction of sp³-hybridized carbons (Fsp3) is 0.846. The van der Waals surface area contributed by atoms with Crippen molar-refractivity contribution in [3.05, 3.63) is 0 Å². The Bertz CT molecular complexity index is 353. The number of unbranched alkanes of at least 4 members (excludes halogenated alkanes) is 1. The molecular formula is C13H25N4O2S+. The Hall–Kier alpha value is -0.950. The van der Waals surface area contributed by atoms with Crippen molar-refractivity contribution in [3.63, 3.8) is 0 Å². The first-order valence-electron chi connectivity index (χ1n) is 7.45. The van der Waals surface area contributed by atoms with E-state index in [0.29, 0.717) is 17.7 Å². The van der Waals surface area contributed by atoms with Gasteiger partial charge in [-0.2, -0.15) is 11.8 Å². The van der Waals surface area contributed by atoms with Crippen LogP contribution in [0.2, 0.25) is 0 Å². The maximum atomic E-state index is 11.5. The van der Waals surface area contributed by atoms with Gasteiger partial charge in [0.1, 0.15) is 0 Å². The van der Waals surface area contributed by atoms with Crippen LogP contribution in [0.5, 0.6) is 0 Å². The maximum absolute atomic E-state index is 11.5. The zero-order valence-electron chi connectivity index (χ0n) is 11.8. The van der Waals surface area contributed by atoms with Crippen molar-refractivity contribution in [1.82, 2.24) is 16.0 Å². The zero-order chi connectivity index (χ0) is 14.4. The van der Waals surface area contributed by atoms with Crippen molar-refractivity contribution < 1.29 is 15.3 Å². The molecule has 3 amide bonds. The van der Waals surface area contributed by atoms with Gasteiger partial charge in [-0.05, 0) is 12.8 Å². The lowest BCUT2D eigenvalue weighted by atomic mass is 10.0. The van der Waals surface area contributed by atoms with Crippen LogP contribution in [0.1, 0.15) is 32.1 Å². The Morgan fingerprint density at radius 1 is 1.35 bits per heavy atom. The molecule has 0 bridgehead atoms. The summed E-state index contributed by atoms with van der Waals surface area (Å²) in [6.45, 7) is 1.60. The number of quaternary nitrogens is 1. The Balaban J connectivity index is 1.55. The van der Waals surface area contributed by atoms with Gasteiger partial charge in [-0.25, -0.2) is 4.79 Å². The summed E-state index contributed by atoms with van der Waals surface area (Å²) in [6, 6.07) is 0.539. The van der Waals surface area contributed by atoms with Gasteiger partial charge < -0.3 is 21.7 Å². The highest BCUT2D eigenvalue weighted by molar-refractivity contribution is 8.00. The largest absolute Gasteiger partial charge is 0.358 e. The van der Waals surface area contributed by atoms with Crippen molar-refractivity contribution >= 4 is 23.7 Å². The van der Waals surface area contributed by atoms with Crippen LogP contribution in [-0.4, -0.2) is 48.1 Å². The van der Waals surface area contributed by atoms with Gasteiger partial charge in [0.15, 0.2) is 0 Å². The molecule has 0 radical (unpaired) electrons. The van der Waals surface area contributed by atoms with Crippen LogP contribution in [0.25, 0.3) is 0 Å². The molecule has 0 aromatic carbocycles. The van der Waals surface area contributed by atoms with E-state index in [4.69, 9.17) is 0 Å². The van der Waals surface area contributed by atoms with Crippen LogP contribution >= 0.6 is 11.8 Å². The topological polar surface area (TPSA) is 97.9 Å². The number of rotatable bonds is 8. The number of hydrogen-bond donors (Lipinski definition) is 4. The second-order valence-electron chi connectivity index (χ2n) is 5.42. The summed E-state index contributed by atoms with van der Waals surface area (Å²) >= 11 is 1.93. The van der Waals surface area contributed by atoms with Crippen molar-refractivity contribution in [2.75, 3.05) is 18.8 Å². The van der Waals surface area contributed by atoms with E-state index in [1.165, 1.54) is 0 Å². The molecule has 2 fully saturated rings. The summed E-state index contributed by atoms with van der Waals surface area (Å²) < 4.78 is 0. The van der Waals surface area contributed by atoms with E-state index in [1.54, 1.807) is 0 Å². The highest BCUT2D eigenvalue weighted by atomic mass is 32.2. The van der Waals surface area contributed by atoms with E-state index in [9.17, 15) is 9.59 Å². The highest BCUT2D eigenvalue weighted by Crippen LogP contribution is 2.33. The molecule has 20 heavy (non-hydrogen) atoms. The van der Waals surface area contributed by atoms with Gasteiger partial charge in [-0.15, -0.1) is 0 Å². The average Bonchev–Trinajstić information content (AvgIpc) is 2.95. The summed E-state index contributed by atoms with van der Waals surface area (Å²) in [6.07, 6.45) is 4.58. The van der Waals surface area contributed by atoms with Crippen molar-refractivity contribution in [3.8, 4) is 0 Å². The molecule has 2 rings (SSSR count). The summed E-state index contributed by atoms with van der Waals surface area (Å²) in [7, 11) is 0. The number of amides is 3. The minimum Gasteiger partial charge on any atom is -0.358 e. The summed E-state index contributed by atoms with van der Waals surface area (Å²) in [4.78, 5) is 22.8. The predicted octanol–water partition coefficient (Wildman–Crippen LogP) is -0.540. The first-order chi connectivity index (χ1) is 9.70. The number of nitrogens with one attached hydrogen (secondary N) is 3. The van der Waals surface area contributed by atoms with E-state index in [-0.39, 0.29) is 18.0 Å². The standard InChI is InChI=1S/C13H24N4O2S/c14-6-3-7-15-11(18)5-2-1-4-10-12-9(8-20-10)16-13(19)17-12/h9-10,12H,1-8,14H2,(H,15,18)(H2,16,17,19)/p+1. The first kappa shape index (κ1) is 15.4. The molecule has 0 aromatic heterocycles. The molecule has 2 aliphatic heterocycles. The lowest BCUT2D eigenvalue weighted by Gasteiger charge is -2.16. The SMILES string of the molecule is [NH3+]CCCNC(=O)CCCCC1SCC2NC(=O)NC21. The molecule has 3 unspecified atom stereocenters. The van der Waals surface area contributed by atoms with E-state index < -0.39 is 0 Å². The van der Waals surface area contributed by atoms with Gasteiger partial charge in [0, 0.05) is 30.4 Å². The molecule has 2 saturated heterocycles. The molecule has 114 valence electrons. The fourth-order valence-electron chi connectivity index (χ4n) is 2.72. The van der Waals surface area contributed by atoms with Crippen LogP contribution in [0.4, 0.5) is 4.79 Å². The van der Waals surface area contributed by atoms with Crippen LogP contribution in [0.3, 0.4) is 0 Å².